The molecule has 2 atom stereocenters. The number of fused-ring (bicyclic) bond motifs is 2. The van der Waals surface area contributed by atoms with Crippen molar-refractivity contribution in [2.75, 3.05) is 0 Å². The lowest BCUT2D eigenvalue weighted by Crippen LogP contribution is -2.36. The van der Waals surface area contributed by atoms with Crippen LogP contribution >= 0.6 is 15.9 Å². The highest BCUT2D eigenvalue weighted by Crippen LogP contribution is 2.62. The summed E-state index contributed by atoms with van der Waals surface area (Å²) in [4.78, 5) is 0. The second kappa shape index (κ2) is 2.25. The van der Waals surface area contributed by atoms with Gasteiger partial charge < -0.3 is 5.21 Å². The van der Waals surface area contributed by atoms with Gasteiger partial charge in [-0.25, -0.2) is 0 Å². The molecule has 2 aliphatic rings. The molecule has 0 heterocycles. The third-order valence-electron chi connectivity index (χ3n) is 3.90. The molecule has 2 aliphatic carbocycles. The summed E-state index contributed by atoms with van der Waals surface area (Å²) in [6.45, 7) is 4.52. The number of hydrogen-bond acceptors (Lipinski definition) is 2. The molecule has 0 saturated heterocycles. The standard InChI is InChI=1S/C9H14BrNO/c1-8(2)6-3-4-9(8,10)7(5-6)11-12/h6,12H,3-5H2,1-2H3/b11-7+/t6-,9+/m0/s1. The summed E-state index contributed by atoms with van der Waals surface area (Å²) in [5.74, 6) is 0.697. The second-order valence-corrected chi connectivity index (χ2v) is 5.86. The molecule has 0 aromatic carbocycles. The van der Waals surface area contributed by atoms with Gasteiger partial charge in [0.25, 0.3) is 0 Å². The molecule has 12 heavy (non-hydrogen) atoms. The number of nitrogens with zero attached hydrogens (tertiary/aromatic N) is 1. The summed E-state index contributed by atoms with van der Waals surface area (Å²) in [7, 11) is 0. The number of halogens is 1. The maximum atomic E-state index is 8.84. The van der Waals surface area contributed by atoms with E-state index in [9.17, 15) is 0 Å². The van der Waals surface area contributed by atoms with Crippen molar-refractivity contribution < 1.29 is 5.21 Å². The Morgan fingerprint density at radius 3 is 2.50 bits per heavy atom. The highest BCUT2D eigenvalue weighted by Gasteiger charge is 2.61. The summed E-state index contributed by atoms with van der Waals surface area (Å²) in [6, 6.07) is 0. The van der Waals surface area contributed by atoms with E-state index in [1.54, 1.807) is 0 Å². The average Bonchev–Trinajstić information content (AvgIpc) is 2.34. The van der Waals surface area contributed by atoms with E-state index >= 15 is 0 Å². The zero-order valence-electron chi connectivity index (χ0n) is 7.47. The fourth-order valence-electron chi connectivity index (χ4n) is 2.77. The van der Waals surface area contributed by atoms with E-state index in [4.69, 9.17) is 5.21 Å². The van der Waals surface area contributed by atoms with Crippen LogP contribution in [0.3, 0.4) is 0 Å². The number of hydrogen-bond donors (Lipinski definition) is 1. The predicted octanol–water partition coefficient (Wildman–Crippen LogP) is 2.79. The van der Waals surface area contributed by atoms with Gasteiger partial charge in [0, 0.05) is 0 Å². The van der Waals surface area contributed by atoms with Crippen LogP contribution in [0.15, 0.2) is 5.16 Å². The monoisotopic (exact) mass is 231 g/mol. The van der Waals surface area contributed by atoms with Crippen molar-refractivity contribution in [2.45, 2.75) is 37.4 Å². The van der Waals surface area contributed by atoms with Crippen molar-refractivity contribution in [3.63, 3.8) is 0 Å². The van der Waals surface area contributed by atoms with Gasteiger partial charge in [-0.05, 0) is 30.6 Å². The van der Waals surface area contributed by atoms with Gasteiger partial charge in [-0.1, -0.05) is 34.9 Å². The van der Waals surface area contributed by atoms with E-state index in [0.717, 1.165) is 18.6 Å². The highest BCUT2D eigenvalue weighted by atomic mass is 79.9. The van der Waals surface area contributed by atoms with Gasteiger partial charge in [0.15, 0.2) is 0 Å². The summed E-state index contributed by atoms with van der Waals surface area (Å²) in [5.41, 5.74) is 1.21. The predicted molar refractivity (Wildman–Crippen MR) is 52.0 cm³/mol. The van der Waals surface area contributed by atoms with Gasteiger partial charge in [0.05, 0.1) is 10.0 Å². The smallest absolute Gasteiger partial charge is 0.0746 e. The zero-order chi connectivity index (χ0) is 8.98. The normalized spacial score (nSPS) is 47.2. The molecule has 2 bridgehead atoms. The summed E-state index contributed by atoms with van der Waals surface area (Å²) >= 11 is 3.74. The Morgan fingerprint density at radius 2 is 2.25 bits per heavy atom. The Bertz CT molecular complexity index is 249. The fraction of sp³-hybridized carbons (Fsp3) is 0.889. The zero-order valence-corrected chi connectivity index (χ0v) is 9.06. The Balaban J connectivity index is 2.46. The van der Waals surface area contributed by atoms with Crippen LogP contribution in [0.1, 0.15) is 33.1 Å². The lowest BCUT2D eigenvalue weighted by molar-refractivity contribution is 0.288. The molecular formula is C9H14BrNO. The Morgan fingerprint density at radius 1 is 1.58 bits per heavy atom. The maximum absolute atomic E-state index is 8.84. The molecule has 2 rings (SSSR count). The van der Waals surface area contributed by atoms with E-state index in [1.165, 1.54) is 6.42 Å². The lowest BCUT2D eigenvalue weighted by Gasteiger charge is -2.31. The molecule has 0 amide bonds. The molecule has 2 nitrogen and oxygen atoms in total. The molecule has 3 heteroatoms. The lowest BCUT2D eigenvalue weighted by atomic mass is 9.82. The molecule has 0 radical (unpaired) electrons. The van der Waals surface area contributed by atoms with Crippen molar-refractivity contribution in [1.29, 1.82) is 0 Å². The molecule has 0 aliphatic heterocycles. The quantitative estimate of drug-likeness (QED) is 0.388. The third kappa shape index (κ3) is 0.734. The first-order chi connectivity index (χ1) is 5.52. The molecule has 0 aromatic heterocycles. The van der Waals surface area contributed by atoms with Crippen molar-refractivity contribution in [3.05, 3.63) is 0 Å². The van der Waals surface area contributed by atoms with Gasteiger partial charge in [0.2, 0.25) is 0 Å². The molecule has 2 fully saturated rings. The van der Waals surface area contributed by atoms with Gasteiger partial charge in [-0.2, -0.15) is 0 Å². The molecule has 2 saturated carbocycles. The van der Waals surface area contributed by atoms with Gasteiger partial charge >= 0.3 is 0 Å². The van der Waals surface area contributed by atoms with Crippen LogP contribution in [0, 0.1) is 11.3 Å². The minimum absolute atomic E-state index is 0.0145. The highest BCUT2D eigenvalue weighted by molar-refractivity contribution is 9.10. The van der Waals surface area contributed by atoms with Crippen molar-refractivity contribution in [3.8, 4) is 0 Å². The van der Waals surface area contributed by atoms with Crippen molar-refractivity contribution >= 4 is 21.6 Å². The molecule has 68 valence electrons. The first-order valence-electron chi connectivity index (χ1n) is 4.42. The van der Waals surface area contributed by atoms with Crippen LogP contribution < -0.4 is 0 Å². The van der Waals surface area contributed by atoms with E-state index in [-0.39, 0.29) is 9.74 Å². The van der Waals surface area contributed by atoms with E-state index in [2.05, 4.69) is 34.9 Å². The minimum Gasteiger partial charge on any atom is -0.411 e. The van der Waals surface area contributed by atoms with Crippen LogP contribution in [0.4, 0.5) is 0 Å². The first-order valence-corrected chi connectivity index (χ1v) is 5.22. The van der Waals surface area contributed by atoms with E-state index < -0.39 is 0 Å². The largest absolute Gasteiger partial charge is 0.411 e. The fourth-order valence-corrected chi connectivity index (χ4v) is 3.56. The van der Waals surface area contributed by atoms with Crippen molar-refractivity contribution in [2.24, 2.45) is 16.5 Å². The van der Waals surface area contributed by atoms with Crippen LogP contribution in [0.2, 0.25) is 0 Å². The minimum atomic E-state index is -0.0145. The van der Waals surface area contributed by atoms with Gasteiger partial charge in [0.1, 0.15) is 0 Å². The van der Waals surface area contributed by atoms with Crippen LogP contribution in [0.5, 0.6) is 0 Å². The van der Waals surface area contributed by atoms with Gasteiger partial charge in [-0.3, -0.25) is 0 Å². The molecule has 0 unspecified atom stereocenters. The molecule has 0 spiro atoms. The van der Waals surface area contributed by atoms with E-state index in [1.807, 2.05) is 0 Å². The maximum Gasteiger partial charge on any atom is 0.0746 e. The Labute approximate surface area is 81.2 Å². The molecule has 0 aromatic rings. The van der Waals surface area contributed by atoms with Crippen molar-refractivity contribution in [1.82, 2.24) is 0 Å². The molecular weight excluding hydrogens is 218 g/mol. The Kier molecular flexibility index (Phi) is 1.60. The van der Waals surface area contributed by atoms with E-state index in [0.29, 0.717) is 5.92 Å². The average molecular weight is 232 g/mol. The topological polar surface area (TPSA) is 32.6 Å². The van der Waals surface area contributed by atoms with Crippen LogP contribution in [-0.4, -0.2) is 15.2 Å². The summed E-state index contributed by atoms with van der Waals surface area (Å²) < 4.78 is -0.0145. The van der Waals surface area contributed by atoms with Gasteiger partial charge in [-0.15, -0.1) is 0 Å². The SMILES string of the molecule is CC1(C)[C@H]2CC[C@@]1(Br)/C(=N/O)C2. The number of alkyl halides is 1. The Hall–Kier alpha value is -0.0500. The first kappa shape index (κ1) is 8.54. The van der Waals surface area contributed by atoms with Crippen LogP contribution in [0.25, 0.3) is 0 Å². The third-order valence-corrected chi connectivity index (χ3v) is 5.77. The number of rotatable bonds is 0. The summed E-state index contributed by atoms with van der Waals surface area (Å²) in [5, 5.41) is 12.3. The second-order valence-electron chi connectivity index (χ2n) is 4.51. The summed E-state index contributed by atoms with van der Waals surface area (Å²) in [6.07, 6.45) is 3.34. The number of oxime groups is 1. The molecule has 1 N–H and O–H groups in total. The van der Waals surface area contributed by atoms with Crippen LogP contribution in [-0.2, 0) is 0 Å².